The summed E-state index contributed by atoms with van der Waals surface area (Å²) in [6.45, 7) is 0. The van der Waals surface area contributed by atoms with Gasteiger partial charge in [0.05, 0.1) is 18.1 Å². The Kier molecular flexibility index (Phi) is 5.16. The molecule has 27 heavy (non-hydrogen) atoms. The highest BCUT2D eigenvalue weighted by Crippen LogP contribution is 2.22. The summed E-state index contributed by atoms with van der Waals surface area (Å²) < 4.78 is 6.53. The molecule has 0 bridgehead atoms. The molecule has 8 heteroatoms. The van der Waals surface area contributed by atoms with E-state index < -0.39 is 23.6 Å². The van der Waals surface area contributed by atoms with Crippen molar-refractivity contribution in [2.75, 3.05) is 0 Å². The molecule has 2 amide bonds. The maximum absolute atomic E-state index is 12.8. The van der Waals surface area contributed by atoms with Gasteiger partial charge in [0, 0.05) is 25.2 Å². The van der Waals surface area contributed by atoms with Crippen LogP contribution in [0.15, 0.2) is 59.5 Å². The molecule has 3 aromatic rings. The zero-order chi connectivity index (χ0) is 19.4. The molecule has 0 saturated heterocycles. The Morgan fingerprint density at radius 1 is 1.22 bits per heavy atom. The first-order valence-electron chi connectivity index (χ1n) is 8.20. The number of Topliss-reactive ketones (excluding diaryl/α,β-unsaturated/α-hetero) is 1. The lowest BCUT2D eigenvalue weighted by Crippen LogP contribution is -2.47. The van der Waals surface area contributed by atoms with Gasteiger partial charge in [0.15, 0.2) is 0 Å². The van der Waals surface area contributed by atoms with Gasteiger partial charge in [-0.1, -0.05) is 30.3 Å². The number of aromatic nitrogens is 2. The van der Waals surface area contributed by atoms with Crippen LogP contribution in [-0.2, 0) is 23.1 Å². The van der Waals surface area contributed by atoms with Crippen molar-refractivity contribution < 1.29 is 18.8 Å². The standard InChI is InChI=1S/C19H18N4O4/c1-23-10-14(16(22-23)13-7-8-27-11-13)19(26)21-15(17(24)18(20)25)9-12-5-3-2-4-6-12/h2-8,10-11,15H,9H2,1H3,(H2,20,25)(H,21,26). The van der Waals surface area contributed by atoms with Crippen LogP contribution < -0.4 is 11.1 Å². The fraction of sp³-hybridized carbons (Fsp3) is 0.158. The highest BCUT2D eigenvalue weighted by molar-refractivity contribution is 6.38. The third-order valence-corrected chi connectivity index (χ3v) is 4.02. The van der Waals surface area contributed by atoms with E-state index in [-0.39, 0.29) is 12.0 Å². The second kappa shape index (κ2) is 7.69. The number of carbonyl (C=O) groups excluding carboxylic acids is 3. The average molecular weight is 366 g/mol. The molecule has 1 atom stereocenters. The van der Waals surface area contributed by atoms with Crippen molar-refractivity contribution in [2.45, 2.75) is 12.5 Å². The SMILES string of the molecule is Cn1cc(C(=O)NC(Cc2ccccc2)C(=O)C(N)=O)c(-c2ccoc2)n1. The van der Waals surface area contributed by atoms with Crippen LogP contribution in [0.5, 0.6) is 0 Å². The molecule has 138 valence electrons. The molecule has 2 heterocycles. The Morgan fingerprint density at radius 3 is 2.59 bits per heavy atom. The molecule has 0 aliphatic carbocycles. The highest BCUT2D eigenvalue weighted by atomic mass is 16.3. The number of aryl methyl sites for hydroxylation is 1. The molecule has 8 nitrogen and oxygen atoms in total. The van der Waals surface area contributed by atoms with Crippen molar-refractivity contribution in [2.24, 2.45) is 12.8 Å². The number of hydrogen-bond acceptors (Lipinski definition) is 5. The summed E-state index contributed by atoms with van der Waals surface area (Å²) in [5, 5.41) is 6.87. The average Bonchev–Trinajstić information content (AvgIpc) is 3.30. The van der Waals surface area contributed by atoms with Crippen LogP contribution in [0, 0.1) is 0 Å². The third kappa shape index (κ3) is 4.12. The Bertz CT molecular complexity index is 961. The molecule has 3 rings (SSSR count). The van der Waals surface area contributed by atoms with Crippen molar-refractivity contribution in [3.8, 4) is 11.3 Å². The number of primary amides is 1. The van der Waals surface area contributed by atoms with Crippen LogP contribution in [0.2, 0.25) is 0 Å². The minimum atomic E-state index is -1.10. The number of carbonyl (C=O) groups is 3. The minimum Gasteiger partial charge on any atom is -0.472 e. The summed E-state index contributed by atoms with van der Waals surface area (Å²) in [4.78, 5) is 36.4. The zero-order valence-electron chi connectivity index (χ0n) is 14.6. The van der Waals surface area contributed by atoms with Gasteiger partial charge in [-0.3, -0.25) is 19.1 Å². The number of ketones is 1. The number of benzene rings is 1. The molecular weight excluding hydrogens is 348 g/mol. The molecule has 0 radical (unpaired) electrons. The lowest BCUT2D eigenvalue weighted by Gasteiger charge is -2.16. The quantitative estimate of drug-likeness (QED) is 0.606. The predicted octanol–water partition coefficient (Wildman–Crippen LogP) is 1.08. The van der Waals surface area contributed by atoms with Crippen molar-refractivity contribution in [1.29, 1.82) is 0 Å². The number of nitrogens with two attached hydrogens (primary N) is 1. The molecule has 0 aliphatic rings. The van der Waals surface area contributed by atoms with Crippen molar-refractivity contribution in [3.05, 3.63) is 66.2 Å². The second-order valence-corrected chi connectivity index (χ2v) is 6.02. The topological polar surface area (TPSA) is 120 Å². The second-order valence-electron chi connectivity index (χ2n) is 6.02. The number of nitrogens with one attached hydrogen (secondary N) is 1. The molecular formula is C19H18N4O4. The summed E-state index contributed by atoms with van der Waals surface area (Å²) in [5.41, 5.74) is 7.23. The highest BCUT2D eigenvalue weighted by Gasteiger charge is 2.27. The van der Waals surface area contributed by atoms with Crippen molar-refractivity contribution in [1.82, 2.24) is 15.1 Å². The Morgan fingerprint density at radius 2 is 1.96 bits per heavy atom. The molecule has 1 unspecified atom stereocenters. The van der Waals surface area contributed by atoms with E-state index in [1.54, 1.807) is 37.4 Å². The van der Waals surface area contributed by atoms with Gasteiger partial charge < -0.3 is 15.5 Å². The van der Waals surface area contributed by atoms with Crippen molar-refractivity contribution >= 4 is 17.6 Å². The smallest absolute Gasteiger partial charge is 0.287 e. The maximum atomic E-state index is 12.8. The van der Waals surface area contributed by atoms with E-state index in [2.05, 4.69) is 10.4 Å². The molecule has 2 aromatic heterocycles. The van der Waals surface area contributed by atoms with E-state index in [1.807, 2.05) is 6.07 Å². The summed E-state index contributed by atoms with van der Waals surface area (Å²) in [6, 6.07) is 9.65. The Balaban J connectivity index is 1.87. The number of nitrogens with zero attached hydrogens (tertiary/aromatic N) is 2. The van der Waals surface area contributed by atoms with Crippen LogP contribution in [0.25, 0.3) is 11.3 Å². The number of furan rings is 1. The number of amides is 2. The van der Waals surface area contributed by atoms with Crippen molar-refractivity contribution in [3.63, 3.8) is 0 Å². The largest absolute Gasteiger partial charge is 0.472 e. The fourth-order valence-electron chi connectivity index (χ4n) is 2.73. The molecule has 0 fully saturated rings. The van der Waals surface area contributed by atoms with E-state index in [0.717, 1.165) is 5.56 Å². The van der Waals surface area contributed by atoms with Crippen LogP contribution in [0.1, 0.15) is 15.9 Å². The van der Waals surface area contributed by atoms with Gasteiger partial charge in [0.2, 0.25) is 5.78 Å². The third-order valence-electron chi connectivity index (χ3n) is 4.02. The van der Waals surface area contributed by atoms with Gasteiger partial charge in [-0.25, -0.2) is 0 Å². The summed E-state index contributed by atoms with van der Waals surface area (Å²) in [5.74, 6) is -2.49. The molecule has 1 aromatic carbocycles. The molecule has 0 saturated carbocycles. The minimum absolute atomic E-state index is 0.148. The van der Waals surface area contributed by atoms with Gasteiger partial charge in [0.25, 0.3) is 11.8 Å². The number of rotatable bonds is 7. The lowest BCUT2D eigenvalue weighted by atomic mass is 10.0. The summed E-state index contributed by atoms with van der Waals surface area (Å²) in [6.07, 6.45) is 4.62. The molecule has 0 aliphatic heterocycles. The Labute approximate surface area is 155 Å². The summed E-state index contributed by atoms with van der Waals surface area (Å²) >= 11 is 0. The van der Waals surface area contributed by atoms with Gasteiger partial charge in [-0.2, -0.15) is 5.10 Å². The van der Waals surface area contributed by atoms with E-state index >= 15 is 0 Å². The van der Waals surface area contributed by atoms with E-state index in [0.29, 0.717) is 11.3 Å². The van der Waals surface area contributed by atoms with Crippen LogP contribution in [0.3, 0.4) is 0 Å². The first kappa shape index (κ1) is 18.1. The molecule has 0 spiro atoms. The van der Waals surface area contributed by atoms with Gasteiger partial charge in [0.1, 0.15) is 11.7 Å². The van der Waals surface area contributed by atoms with E-state index in [9.17, 15) is 14.4 Å². The number of hydrogen-bond donors (Lipinski definition) is 2. The van der Waals surface area contributed by atoms with Gasteiger partial charge in [-0.15, -0.1) is 0 Å². The fourth-order valence-corrected chi connectivity index (χ4v) is 2.73. The van der Waals surface area contributed by atoms with Crippen LogP contribution >= 0.6 is 0 Å². The predicted molar refractivity (Wildman–Crippen MR) is 96.5 cm³/mol. The first-order chi connectivity index (χ1) is 13.0. The van der Waals surface area contributed by atoms with Crippen LogP contribution in [0.4, 0.5) is 0 Å². The normalized spacial score (nSPS) is 11.7. The molecule has 3 N–H and O–H groups in total. The van der Waals surface area contributed by atoms with Crippen LogP contribution in [-0.4, -0.2) is 33.4 Å². The summed E-state index contributed by atoms with van der Waals surface area (Å²) in [7, 11) is 1.68. The first-order valence-corrected chi connectivity index (χ1v) is 8.20. The van der Waals surface area contributed by atoms with E-state index in [4.69, 9.17) is 10.2 Å². The zero-order valence-corrected chi connectivity index (χ0v) is 14.6. The van der Waals surface area contributed by atoms with Gasteiger partial charge in [-0.05, 0) is 11.6 Å². The maximum Gasteiger partial charge on any atom is 0.287 e. The van der Waals surface area contributed by atoms with E-state index in [1.165, 1.54) is 23.4 Å². The Hall–Kier alpha value is -3.68. The lowest BCUT2D eigenvalue weighted by molar-refractivity contribution is -0.137. The van der Waals surface area contributed by atoms with Gasteiger partial charge >= 0.3 is 0 Å². The monoisotopic (exact) mass is 366 g/mol.